The summed E-state index contributed by atoms with van der Waals surface area (Å²) in [5, 5.41) is 0. The molecular formula is C6H19NO3Si. The van der Waals surface area contributed by atoms with E-state index in [1.165, 1.54) is 0 Å². The molecule has 0 aliphatic heterocycles. The average molecular weight is 181 g/mol. The van der Waals surface area contributed by atoms with E-state index >= 15 is 0 Å². The van der Waals surface area contributed by atoms with Crippen LogP contribution >= 0.6 is 0 Å². The molecule has 0 aromatic heterocycles. The fourth-order valence-electron chi connectivity index (χ4n) is 0.553. The van der Waals surface area contributed by atoms with Crippen LogP contribution in [0, 0.1) is 0 Å². The Balaban J connectivity index is 0. The van der Waals surface area contributed by atoms with Crippen LogP contribution in [0.15, 0.2) is 0 Å². The Morgan fingerprint density at radius 3 is 1.27 bits per heavy atom. The minimum absolute atomic E-state index is 0. The smallest absolute Gasteiger partial charge is 0.376 e. The second-order valence-electron chi connectivity index (χ2n) is 1.65. The van der Waals surface area contributed by atoms with Gasteiger partial charge in [-0.25, -0.2) is 0 Å². The van der Waals surface area contributed by atoms with Gasteiger partial charge in [0.2, 0.25) is 0 Å². The van der Waals surface area contributed by atoms with Crippen molar-refractivity contribution in [3.8, 4) is 0 Å². The Bertz CT molecular complexity index is 60.6. The van der Waals surface area contributed by atoms with Crippen molar-refractivity contribution in [2.24, 2.45) is 0 Å². The van der Waals surface area contributed by atoms with E-state index in [9.17, 15) is 0 Å². The maximum atomic E-state index is 5.22. The molecule has 70 valence electrons. The molecule has 0 unspecified atom stereocenters. The highest BCUT2D eigenvalue weighted by molar-refractivity contribution is 6.36. The summed E-state index contributed by atoms with van der Waals surface area (Å²) >= 11 is 0. The van der Waals surface area contributed by atoms with Crippen molar-refractivity contribution in [3.63, 3.8) is 0 Å². The molecule has 0 fully saturated rings. The predicted molar refractivity (Wildman–Crippen MR) is 47.0 cm³/mol. The Morgan fingerprint density at radius 1 is 0.818 bits per heavy atom. The van der Waals surface area contributed by atoms with Gasteiger partial charge in [0, 0.05) is 19.8 Å². The molecule has 11 heavy (non-hydrogen) atoms. The minimum atomic E-state index is -1.73. The van der Waals surface area contributed by atoms with Gasteiger partial charge in [0.15, 0.2) is 0 Å². The van der Waals surface area contributed by atoms with Crippen LogP contribution in [-0.2, 0) is 13.3 Å². The van der Waals surface area contributed by atoms with E-state index in [4.69, 9.17) is 13.3 Å². The third kappa shape index (κ3) is 7.96. The number of rotatable bonds is 6. The topological polar surface area (TPSA) is 62.7 Å². The van der Waals surface area contributed by atoms with Gasteiger partial charge in [-0.3, -0.25) is 0 Å². The Morgan fingerprint density at radius 2 is 1.09 bits per heavy atom. The molecule has 4 nitrogen and oxygen atoms in total. The van der Waals surface area contributed by atoms with E-state index in [1.54, 1.807) is 0 Å². The zero-order chi connectivity index (χ0) is 7.82. The highest BCUT2D eigenvalue weighted by Crippen LogP contribution is 1.90. The monoisotopic (exact) mass is 181 g/mol. The van der Waals surface area contributed by atoms with Crippen LogP contribution in [0.1, 0.15) is 20.8 Å². The summed E-state index contributed by atoms with van der Waals surface area (Å²) in [6.07, 6.45) is 0. The van der Waals surface area contributed by atoms with Crippen LogP contribution in [0.3, 0.4) is 0 Å². The van der Waals surface area contributed by atoms with Crippen molar-refractivity contribution in [1.29, 1.82) is 0 Å². The van der Waals surface area contributed by atoms with Crippen molar-refractivity contribution in [1.82, 2.24) is 6.15 Å². The van der Waals surface area contributed by atoms with Crippen molar-refractivity contribution >= 4 is 9.53 Å². The second kappa shape index (κ2) is 10.1. The molecule has 0 saturated carbocycles. The maximum Gasteiger partial charge on any atom is 0.484 e. The predicted octanol–water partition coefficient (Wildman–Crippen LogP) is 0.975. The van der Waals surface area contributed by atoms with Gasteiger partial charge >= 0.3 is 9.53 Å². The molecule has 0 atom stereocenters. The lowest BCUT2D eigenvalue weighted by Crippen LogP contribution is -2.27. The van der Waals surface area contributed by atoms with Crippen molar-refractivity contribution < 1.29 is 13.3 Å². The van der Waals surface area contributed by atoms with Crippen molar-refractivity contribution in [2.75, 3.05) is 19.8 Å². The first-order valence-electron chi connectivity index (χ1n) is 3.69. The molecule has 0 heterocycles. The maximum absolute atomic E-state index is 5.22. The van der Waals surface area contributed by atoms with E-state index in [-0.39, 0.29) is 6.15 Å². The summed E-state index contributed by atoms with van der Waals surface area (Å²) in [5.74, 6) is 0. The lowest BCUT2D eigenvalue weighted by Gasteiger charge is -2.12. The third-order valence-corrected chi connectivity index (χ3v) is 2.72. The molecule has 0 aromatic rings. The number of hydrogen-bond donors (Lipinski definition) is 1. The number of hydrogen-bond acceptors (Lipinski definition) is 4. The van der Waals surface area contributed by atoms with Gasteiger partial charge in [0.25, 0.3) is 0 Å². The van der Waals surface area contributed by atoms with Gasteiger partial charge in [-0.15, -0.1) is 0 Å². The normalized spacial score (nSPS) is 9.82. The highest BCUT2D eigenvalue weighted by atomic mass is 28.3. The summed E-state index contributed by atoms with van der Waals surface area (Å²) in [6, 6.07) is 0. The first-order chi connectivity index (χ1) is 4.85. The average Bonchev–Trinajstić information content (AvgIpc) is 1.90. The molecule has 3 N–H and O–H groups in total. The van der Waals surface area contributed by atoms with E-state index in [2.05, 4.69) is 0 Å². The molecule has 0 bridgehead atoms. The molecule has 0 aliphatic carbocycles. The summed E-state index contributed by atoms with van der Waals surface area (Å²) < 4.78 is 15.7. The molecule has 0 radical (unpaired) electrons. The molecular weight excluding hydrogens is 162 g/mol. The minimum Gasteiger partial charge on any atom is -0.376 e. The van der Waals surface area contributed by atoms with Gasteiger partial charge in [0.05, 0.1) is 0 Å². The van der Waals surface area contributed by atoms with Gasteiger partial charge in [-0.2, -0.15) is 0 Å². The molecule has 0 aliphatic rings. The zero-order valence-electron chi connectivity index (χ0n) is 7.63. The van der Waals surface area contributed by atoms with E-state index in [1.807, 2.05) is 20.8 Å². The standard InChI is InChI=1S/C6H16O3Si.H3N/c1-4-7-10(8-5-2)9-6-3;/h10H,4-6H2,1-3H3;1H3. The van der Waals surface area contributed by atoms with Gasteiger partial charge in [-0.1, -0.05) is 0 Å². The van der Waals surface area contributed by atoms with Gasteiger partial charge in [0.1, 0.15) is 0 Å². The quantitative estimate of drug-likeness (QED) is 0.620. The lowest BCUT2D eigenvalue weighted by atomic mass is 10.9. The molecule has 0 amide bonds. The molecule has 5 heteroatoms. The third-order valence-electron chi connectivity index (χ3n) is 0.908. The Labute approximate surface area is 70.4 Å². The molecule has 0 saturated heterocycles. The highest BCUT2D eigenvalue weighted by Gasteiger charge is 2.11. The first-order valence-corrected chi connectivity index (χ1v) is 5.11. The Kier molecular flexibility index (Phi) is 12.5. The largest absolute Gasteiger partial charge is 0.484 e. The van der Waals surface area contributed by atoms with Crippen LogP contribution in [-0.4, -0.2) is 29.3 Å². The molecule has 0 aromatic carbocycles. The summed E-state index contributed by atoms with van der Waals surface area (Å²) in [5.41, 5.74) is 0. The van der Waals surface area contributed by atoms with Gasteiger partial charge in [-0.05, 0) is 20.8 Å². The summed E-state index contributed by atoms with van der Waals surface area (Å²) in [6.45, 7) is 7.86. The van der Waals surface area contributed by atoms with Crippen LogP contribution in [0.2, 0.25) is 0 Å². The van der Waals surface area contributed by atoms with Gasteiger partial charge < -0.3 is 19.4 Å². The lowest BCUT2D eigenvalue weighted by molar-refractivity contribution is 0.107. The van der Waals surface area contributed by atoms with Crippen molar-refractivity contribution in [2.45, 2.75) is 20.8 Å². The van der Waals surface area contributed by atoms with E-state index in [0.29, 0.717) is 19.8 Å². The summed E-state index contributed by atoms with van der Waals surface area (Å²) in [7, 11) is -1.73. The SMILES string of the molecule is CCO[SiH](OCC)OCC.N. The van der Waals surface area contributed by atoms with Crippen LogP contribution in [0.5, 0.6) is 0 Å². The molecule has 0 rings (SSSR count). The fourth-order valence-corrected chi connectivity index (χ4v) is 1.66. The van der Waals surface area contributed by atoms with Crippen LogP contribution < -0.4 is 6.15 Å². The molecule has 0 spiro atoms. The summed E-state index contributed by atoms with van der Waals surface area (Å²) in [4.78, 5) is 0. The second-order valence-corrected chi connectivity index (χ2v) is 3.23. The Hall–Kier alpha value is 0.0569. The van der Waals surface area contributed by atoms with E-state index in [0.717, 1.165) is 0 Å². The zero-order valence-corrected chi connectivity index (χ0v) is 8.79. The van der Waals surface area contributed by atoms with Crippen LogP contribution in [0.4, 0.5) is 0 Å². The van der Waals surface area contributed by atoms with Crippen LogP contribution in [0.25, 0.3) is 0 Å². The van der Waals surface area contributed by atoms with E-state index < -0.39 is 9.53 Å². The fraction of sp³-hybridized carbons (Fsp3) is 1.00. The first kappa shape index (κ1) is 13.6. The van der Waals surface area contributed by atoms with Crippen molar-refractivity contribution in [3.05, 3.63) is 0 Å².